The molecule has 0 atom stereocenters. The van der Waals surface area contributed by atoms with Crippen molar-refractivity contribution in [1.82, 2.24) is 34.9 Å². The van der Waals surface area contributed by atoms with Crippen LogP contribution < -0.4 is 42.9 Å². The number of carbonyl (C=O) groups is 2. The number of methoxy groups -OCH3 is 2. The van der Waals surface area contributed by atoms with Crippen LogP contribution in [-0.4, -0.2) is 74.5 Å². The average molecular weight is 1260 g/mol. The summed E-state index contributed by atoms with van der Waals surface area (Å²) in [5.41, 5.74) is 14.9. The van der Waals surface area contributed by atoms with E-state index in [0.717, 1.165) is 52.9 Å². The van der Waals surface area contributed by atoms with Crippen molar-refractivity contribution in [2.45, 2.75) is 51.1 Å². The summed E-state index contributed by atoms with van der Waals surface area (Å²) in [4.78, 5) is 82.9. The molecule has 4 aromatic carbocycles. The Hall–Kier alpha value is -9.62. The SMILES string of the molecule is C.COc1nc(Cl)ncc1C#N.COc1nc(NC2(c3cc4cc(Cl)ccc4[nH]c3=O)CC2)ncc1C#N.N#Cc1cc2cc(Cl)ccc2[nH]c1=O.NC1(c2cc3cc(Cl)ccc3[nH]c2=O)CC1.Nc1ccc(Cl)cc1C=O.[C-]#[N+]CC(=O)OCC. The van der Waals surface area contributed by atoms with E-state index in [-0.39, 0.29) is 64.4 Å². The zero-order chi connectivity index (χ0) is 62.0. The first-order chi connectivity index (χ1) is 40.6. The summed E-state index contributed by atoms with van der Waals surface area (Å²) in [7, 11) is 2.86. The number of nitrogens with two attached hydrogens (primary N) is 2. The van der Waals surface area contributed by atoms with Gasteiger partial charge in [-0.25, -0.2) is 21.3 Å². The average Bonchev–Trinajstić information content (AvgIpc) is 1.75. The molecule has 5 heterocycles. The number of rotatable bonds is 9. The molecule has 0 spiro atoms. The molecule has 0 aliphatic heterocycles. The highest BCUT2D eigenvalue weighted by atomic mass is 35.5. The monoisotopic (exact) mass is 1260 g/mol. The van der Waals surface area contributed by atoms with Crippen LogP contribution in [0, 0.1) is 40.6 Å². The minimum absolute atomic E-state index is 0. The van der Waals surface area contributed by atoms with Gasteiger partial charge in [0, 0.05) is 80.7 Å². The fourth-order valence-corrected chi connectivity index (χ4v) is 8.55. The third-order valence-electron chi connectivity index (χ3n) is 12.3. The topological polar surface area (TPSA) is 352 Å². The van der Waals surface area contributed by atoms with E-state index in [2.05, 4.69) is 49.8 Å². The second kappa shape index (κ2) is 30.8. The third kappa shape index (κ3) is 17.9. The molecule has 0 unspecified atom stereocenters. The maximum atomic E-state index is 12.6. The van der Waals surface area contributed by atoms with Crippen molar-refractivity contribution >= 4 is 115 Å². The summed E-state index contributed by atoms with van der Waals surface area (Å²) in [5, 5.41) is 34.4. The van der Waals surface area contributed by atoms with Gasteiger partial charge in [-0.2, -0.15) is 25.8 Å². The van der Waals surface area contributed by atoms with E-state index in [0.29, 0.717) is 66.8 Å². The molecule has 2 aliphatic carbocycles. The molecule has 2 aliphatic rings. The van der Waals surface area contributed by atoms with Crippen molar-refractivity contribution < 1.29 is 23.8 Å². The Balaban J connectivity index is 0.000000198. The summed E-state index contributed by atoms with van der Waals surface area (Å²) < 4.78 is 14.3. The predicted octanol–water partition coefficient (Wildman–Crippen LogP) is 11.0. The molecule has 2 saturated carbocycles. The lowest BCUT2D eigenvalue weighted by Crippen LogP contribution is -2.28. The highest BCUT2D eigenvalue weighted by Gasteiger charge is 2.47. The number of pyridine rings is 3. The Labute approximate surface area is 516 Å². The number of aromatic amines is 3. The van der Waals surface area contributed by atoms with E-state index >= 15 is 0 Å². The van der Waals surface area contributed by atoms with Crippen LogP contribution in [0.25, 0.3) is 37.6 Å². The van der Waals surface area contributed by atoms with Gasteiger partial charge in [-0.15, -0.1) is 0 Å². The van der Waals surface area contributed by atoms with Crippen molar-refractivity contribution in [3.05, 3.63) is 205 Å². The second-order valence-corrected chi connectivity index (χ2v) is 20.2. The van der Waals surface area contributed by atoms with E-state index in [9.17, 15) is 24.0 Å². The van der Waals surface area contributed by atoms with E-state index in [1.807, 2.05) is 42.5 Å². The van der Waals surface area contributed by atoms with Gasteiger partial charge in [0.25, 0.3) is 16.7 Å². The number of hydrogen-bond donors (Lipinski definition) is 6. The number of ether oxygens (including phenoxy) is 3. The van der Waals surface area contributed by atoms with Crippen LogP contribution in [0.1, 0.15) is 78.2 Å². The van der Waals surface area contributed by atoms with Crippen LogP contribution in [0.15, 0.2) is 118 Å². The normalized spacial score (nSPS) is 12.2. The van der Waals surface area contributed by atoms with Gasteiger partial charge in [0.1, 0.15) is 34.9 Å². The highest BCUT2D eigenvalue weighted by Crippen LogP contribution is 2.47. The number of fused-ring (bicyclic) bond motifs is 3. The maximum Gasteiger partial charge on any atom is 0.387 e. The Bertz CT molecular complexity index is 4330. The van der Waals surface area contributed by atoms with E-state index in [4.69, 9.17) is 101 Å². The molecule has 11 rings (SSSR count). The number of halogens is 5. The number of benzene rings is 4. The van der Waals surface area contributed by atoms with Crippen molar-refractivity contribution in [2.75, 3.05) is 38.4 Å². The predicted molar refractivity (Wildman–Crippen MR) is 331 cm³/mol. The Morgan fingerprint density at radius 2 is 1.15 bits per heavy atom. The van der Waals surface area contributed by atoms with Crippen LogP contribution in [0.4, 0.5) is 11.6 Å². The molecule has 2 fully saturated rings. The Morgan fingerprint density at radius 3 is 1.62 bits per heavy atom. The number of H-pyrrole nitrogens is 3. The maximum absolute atomic E-state index is 12.6. The minimum atomic E-state index is -0.538. The largest absolute Gasteiger partial charge is 0.480 e. The summed E-state index contributed by atoms with van der Waals surface area (Å²) in [6.07, 6.45) is 6.69. The van der Waals surface area contributed by atoms with E-state index in [1.54, 1.807) is 61.5 Å². The quantitative estimate of drug-likeness (QED) is 0.0257. The number of aldehydes is 1. The number of aromatic nitrogens is 7. The number of anilines is 2. The van der Waals surface area contributed by atoms with Gasteiger partial charge < -0.3 is 50.8 Å². The first kappa shape index (κ1) is 67.2. The lowest BCUT2D eigenvalue weighted by Gasteiger charge is -2.18. The molecule has 5 aromatic heterocycles. The van der Waals surface area contributed by atoms with Gasteiger partial charge in [0.15, 0.2) is 6.29 Å². The van der Waals surface area contributed by atoms with Crippen molar-refractivity contribution in [3.63, 3.8) is 0 Å². The lowest BCUT2D eigenvalue weighted by atomic mass is 10.0. The molecule has 86 heavy (non-hydrogen) atoms. The molecule has 0 saturated heterocycles. The zero-order valence-electron chi connectivity index (χ0n) is 45.0. The van der Waals surface area contributed by atoms with Crippen LogP contribution >= 0.6 is 58.0 Å². The van der Waals surface area contributed by atoms with Crippen LogP contribution in [0.3, 0.4) is 0 Å². The first-order valence-corrected chi connectivity index (χ1v) is 26.8. The fraction of sp³-hybridized carbons (Fsp3) is 0.203. The van der Waals surface area contributed by atoms with Gasteiger partial charge in [-0.3, -0.25) is 19.2 Å². The second-order valence-electron chi connectivity index (χ2n) is 18.1. The highest BCUT2D eigenvalue weighted by molar-refractivity contribution is 6.32. The molecule has 27 heteroatoms. The van der Waals surface area contributed by atoms with E-state index < -0.39 is 17.0 Å². The first-order valence-electron chi connectivity index (χ1n) is 24.9. The van der Waals surface area contributed by atoms with Gasteiger partial charge in [0.2, 0.25) is 23.0 Å². The number of carbonyl (C=O) groups excluding carboxylic acids is 2. The summed E-state index contributed by atoms with van der Waals surface area (Å²) >= 11 is 28.8. The molecule has 0 bridgehead atoms. The van der Waals surface area contributed by atoms with Gasteiger partial charge in [-0.1, -0.05) is 53.8 Å². The van der Waals surface area contributed by atoms with Crippen molar-refractivity contribution in [2.24, 2.45) is 5.73 Å². The molecule has 22 nitrogen and oxygen atoms in total. The minimum Gasteiger partial charge on any atom is -0.480 e. The van der Waals surface area contributed by atoms with Gasteiger partial charge >= 0.3 is 12.5 Å². The Kier molecular flexibility index (Phi) is 24.0. The lowest BCUT2D eigenvalue weighted by molar-refractivity contribution is -0.140. The smallest absolute Gasteiger partial charge is 0.387 e. The molecular weight excluding hydrogens is 1210 g/mol. The summed E-state index contributed by atoms with van der Waals surface area (Å²) in [5.74, 6) is 0.263. The molecule has 440 valence electrons. The van der Waals surface area contributed by atoms with E-state index in [1.165, 1.54) is 38.7 Å². The fourth-order valence-electron chi connectivity index (χ4n) is 7.70. The number of hydrogen-bond acceptors (Lipinski definition) is 18. The molecule has 0 amide bonds. The number of nitriles is 3. The van der Waals surface area contributed by atoms with Gasteiger partial charge in [-0.05, 0) is 135 Å². The van der Waals surface area contributed by atoms with Gasteiger partial charge in [0.05, 0.1) is 38.8 Å². The van der Waals surface area contributed by atoms with Crippen LogP contribution in [0.2, 0.25) is 25.4 Å². The third-order valence-corrected chi connectivity index (χ3v) is 13.4. The van der Waals surface area contributed by atoms with Crippen LogP contribution in [0.5, 0.6) is 11.8 Å². The standard InChI is InChI=1S/C18H14ClN5O2.C12H11ClN2O.C10H5ClN2O.C7H6ClNO.C6H4ClN3O.C5H7NO2.CH4/c1-26-16-11(8-20)9-21-17(23-16)24-18(4-5-18)13-7-10-6-12(19)2-3-14(10)22-15(13)25;13-8-1-2-10-7(5-8)6-9(11(16)15-10)12(14)3-4-12;11-8-1-2-9-6(4-8)3-7(5-12)10(14)13-9;8-6-1-2-7(9)5(3-6)4-10;1-11-5-4(2-8)3-9-6(7)10-5;1-3-8-5(7)4-6-2;/h2-3,6-7,9H,4-5H2,1H3,(H,22,25)(H,21,23,24);1-2,5-6H,3-4,14H2,(H,15,16);1-4H,(H,13,14);1-4H,9H2;3H,1H3;3-4H2,1H3;1H4. The molecule has 8 N–H and O–H groups in total. The number of nitrogens with one attached hydrogen (secondary N) is 4. The molecular formula is C59H51Cl5N14O8. The zero-order valence-corrected chi connectivity index (χ0v) is 48.8. The molecule has 9 aromatic rings. The molecule has 0 radical (unpaired) electrons. The Morgan fingerprint density at radius 1 is 0.686 bits per heavy atom. The van der Waals surface area contributed by atoms with Crippen molar-refractivity contribution in [3.8, 4) is 30.0 Å². The number of nitrogen functional groups attached to an aromatic ring is 1. The van der Waals surface area contributed by atoms with Crippen LogP contribution in [-0.2, 0) is 20.6 Å². The summed E-state index contributed by atoms with van der Waals surface area (Å²) in [6, 6.07) is 31.5. The number of nitrogens with zero attached hydrogens (tertiary/aromatic N) is 8. The number of esters is 1. The van der Waals surface area contributed by atoms with Crippen molar-refractivity contribution in [1.29, 1.82) is 15.8 Å². The summed E-state index contributed by atoms with van der Waals surface area (Å²) in [6.45, 7) is 8.14.